The summed E-state index contributed by atoms with van der Waals surface area (Å²) >= 11 is 5.91. The molecule has 0 spiro atoms. The van der Waals surface area contributed by atoms with Crippen LogP contribution >= 0.6 is 12.2 Å². The van der Waals surface area contributed by atoms with Crippen molar-refractivity contribution in [2.24, 2.45) is 0 Å². The molecular formula is C29H30N4S. The highest BCUT2D eigenvalue weighted by atomic mass is 32.1. The van der Waals surface area contributed by atoms with E-state index in [0.29, 0.717) is 0 Å². The molecule has 1 aliphatic heterocycles. The molecule has 2 aromatic heterocycles. The Balaban J connectivity index is 1.66. The van der Waals surface area contributed by atoms with E-state index in [4.69, 9.17) is 17.2 Å². The quantitative estimate of drug-likeness (QED) is 0.339. The molecule has 0 radical (unpaired) electrons. The minimum absolute atomic E-state index is 0.0136. The molecule has 0 bridgehead atoms. The monoisotopic (exact) mass is 466 g/mol. The SMILES string of the molecule is CCc1ccc(N2C(=S)NC(c3ccccn3)C2c2cc(C)n(-c3ccc(C)cc3)c2C)cc1. The van der Waals surface area contributed by atoms with Gasteiger partial charge in [0.1, 0.15) is 0 Å². The molecule has 1 fully saturated rings. The fraction of sp³-hybridized carbons (Fsp3) is 0.241. The highest BCUT2D eigenvalue weighted by Crippen LogP contribution is 2.43. The Kier molecular flexibility index (Phi) is 5.96. The van der Waals surface area contributed by atoms with Crippen LogP contribution in [-0.2, 0) is 6.42 Å². The van der Waals surface area contributed by atoms with Crippen LogP contribution in [0.15, 0.2) is 79.0 Å². The molecule has 0 saturated carbocycles. The fourth-order valence-corrected chi connectivity index (χ4v) is 5.37. The Hall–Kier alpha value is -3.44. The fourth-order valence-electron chi connectivity index (χ4n) is 5.02. The number of hydrogen-bond acceptors (Lipinski definition) is 2. The third-order valence-electron chi connectivity index (χ3n) is 6.80. The molecule has 0 aliphatic carbocycles. The van der Waals surface area contributed by atoms with Crippen molar-refractivity contribution >= 4 is 23.0 Å². The number of nitrogens with zero attached hydrogens (tertiary/aromatic N) is 3. The summed E-state index contributed by atoms with van der Waals surface area (Å²) in [7, 11) is 0. The van der Waals surface area contributed by atoms with Crippen LogP contribution in [0.5, 0.6) is 0 Å². The van der Waals surface area contributed by atoms with Crippen LogP contribution in [0.3, 0.4) is 0 Å². The van der Waals surface area contributed by atoms with E-state index in [2.05, 4.69) is 103 Å². The lowest BCUT2D eigenvalue weighted by molar-refractivity contribution is 0.565. The maximum absolute atomic E-state index is 5.91. The predicted octanol–water partition coefficient (Wildman–Crippen LogP) is 6.54. The zero-order valence-corrected chi connectivity index (χ0v) is 20.9. The van der Waals surface area contributed by atoms with Gasteiger partial charge in [0.25, 0.3) is 0 Å². The standard InChI is InChI=1S/C29H30N4S/c1-5-22-11-15-24(16-12-22)33-28(27(31-29(33)34)26-8-6-7-17-30-26)25-18-20(3)32(21(25)4)23-13-9-19(2)10-14-23/h6-18,27-28H,5H2,1-4H3,(H,31,34). The van der Waals surface area contributed by atoms with Gasteiger partial charge >= 0.3 is 0 Å². The van der Waals surface area contributed by atoms with Crippen LogP contribution in [0.2, 0.25) is 0 Å². The van der Waals surface area contributed by atoms with E-state index < -0.39 is 0 Å². The number of thiocarbonyl (C=S) groups is 1. The summed E-state index contributed by atoms with van der Waals surface area (Å²) in [4.78, 5) is 6.96. The molecule has 3 heterocycles. The Morgan fingerprint density at radius 3 is 2.26 bits per heavy atom. The topological polar surface area (TPSA) is 33.1 Å². The number of hydrogen-bond donors (Lipinski definition) is 1. The lowest BCUT2D eigenvalue weighted by Gasteiger charge is -2.28. The van der Waals surface area contributed by atoms with Gasteiger partial charge in [-0.15, -0.1) is 0 Å². The Bertz CT molecular complexity index is 1310. The summed E-state index contributed by atoms with van der Waals surface area (Å²) in [6, 6.07) is 25.8. The average molecular weight is 467 g/mol. The lowest BCUT2D eigenvalue weighted by atomic mass is 9.96. The number of anilines is 1. The molecule has 2 aromatic carbocycles. The summed E-state index contributed by atoms with van der Waals surface area (Å²) in [5, 5.41) is 4.31. The molecule has 2 atom stereocenters. The number of aryl methyl sites for hydroxylation is 3. The maximum Gasteiger partial charge on any atom is 0.174 e. The molecule has 34 heavy (non-hydrogen) atoms. The molecule has 172 valence electrons. The van der Waals surface area contributed by atoms with Gasteiger partial charge in [0, 0.05) is 29.0 Å². The Morgan fingerprint density at radius 1 is 0.912 bits per heavy atom. The van der Waals surface area contributed by atoms with Crippen molar-refractivity contribution in [3.63, 3.8) is 0 Å². The van der Waals surface area contributed by atoms with Gasteiger partial charge in [-0.1, -0.05) is 42.8 Å². The van der Waals surface area contributed by atoms with E-state index in [-0.39, 0.29) is 12.1 Å². The van der Waals surface area contributed by atoms with Gasteiger partial charge in [-0.25, -0.2) is 0 Å². The van der Waals surface area contributed by atoms with Crippen molar-refractivity contribution < 1.29 is 0 Å². The zero-order valence-electron chi connectivity index (χ0n) is 20.1. The number of benzene rings is 2. The van der Waals surface area contributed by atoms with Gasteiger partial charge < -0.3 is 14.8 Å². The first-order valence-corrected chi connectivity index (χ1v) is 12.2. The van der Waals surface area contributed by atoms with Gasteiger partial charge in [-0.3, -0.25) is 4.98 Å². The highest BCUT2D eigenvalue weighted by molar-refractivity contribution is 7.80. The van der Waals surface area contributed by atoms with Gasteiger partial charge in [-0.05, 0) is 93.0 Å². The summed E-state index contributed by atoms with van der Waals surface area (Å²) in [6.45, 7) is 8.68. The summed E-state index contributed by atoms with van der Waals surface area (Å²) < 4.78 is 2.34. The molecule has 1 aliphatic rings. The summed E-state index contributed by atoms with van der Waals surface area (Å²) in [5.41, 5.74) is 9.50. The lowest BCUT2D eigenvalue weighted by Crippen LogP contribution is -2.29. The van der Waals surface area contributed by atoms with Crippen LogP contribution in [0.25, 0.3) is 5.69 Å². The minimum atomic E-state index is -0.0495. The third-order valence-corrected chi connectivity index (χ3v) is 7.12. The van der Waals surface area contributed by atoms with Crippen LogP contribution < -0.4 is 10.2 Å². The summed E-state index contributed by atoms with van der Waals surface area (Å²) in [5.74, 6) is 0. The Morgan fingerprint density at radius 2 is 1.62 bits per heavy atom. The smallest absolute Gasteiger partial charge is 0.174 e. The first kappa shape index (κ1) is 22.4. The van der Waals surface area contributed by atoms with Crippen LogP contribution in [-0.4, -0.2) is 14.7 Å². The zero-order chi connectivity index (χ0) is 23.8. The van der Waals surface area contributed by atoms with Crippen molar-refractivity contribution in [2.75, 3.05) is 4.90 Å². The van der Waals surface area contributed by atoms with Gasteiger partial charge in [0.05, 0.1) is 17.8 Å². The summed E-state index contributed by atoms with van der Waals surface area (Å²) in [6.07, 6.45) is 2.87. The molecular weight excluding hydrogens is 436 g/mol. The van der Waals surface area contributed by atoms with Gasteiger partial charge in [0.15, 0.2) is 5.11 Å². The van der Waals surface area contributed by atoms with Crippen LogP contribution in [0.1, 0.15) is 52.8 Å². The van der Waals surface area contributed by atoms with E-state index in [0.717, 1.165) is 22.9 Å². The maximum atomic E-state index is 5.91. The molecule has 5 heteroatoms. The van der Waals surface area contributed by atoms with Crippen LogP contribution in [0, 0.1) is 20.8 Å². The number of aromatic nitrogens is 2. The van der Waals surface area contributed by atoms with E-state index in [1.165, 1.54) is 33.8 Å². The third kappa shape index (κ3) is 3.90. The molecule has 0 amide bonds. The second kappa shape index (κ2) is 9.07. The van der Waals surface area contributed by atoms with Crippen molar-refractivity contribution in [1.29, 1.82) is 0 Å². The van der Waals surface area contributed by atoms with Gasteiger partial charge in [-0.2, -0.15) is 0 Å². The van der Waals surface area contributed by atoms with Crippen molar-refractivity contribution in [2.45, 2.75) is 46.2 Å². The minimum Gasteiger partial charge on any atom is -0.351 e. The second-order valence-corrected chi connectivity index (χ2v) is 9.40. The van der Waals surface area contributed by atoms with Crippen LogP contribution in [0.4, 0.5) is 5.69 Å². The first-order chi connectivity index (χ1) is 16.5. The number of pyridine rings is 1. The number of rotatable bonds is 5. The molecule has 4 nitrogen and oxygen atoms in total. The van der Waals surface area contributed by atoms with E-state index in [1.54, 1.807) is 0 Å². The Labute approximate surface area is 207 Å². The molecule has 1 N–H and O–H groups in total. The highest BCUT2D eigenvalue weighted by Gasteiger charge is 2.42. The average Bonchev–Trinajstić information content (AvgIpc) is 3.35. The van der Waals surface area contributed by atoms with E-state index >= 15 is 0 Å². The predicted molar refractivity (Wildman–Crippen MR) is 144 cm³/mol. The molecule has 1 saturated heterocycles. The number of nitrogens with one attached hydrogen (secondary N) is 1. The largest absolute Gasteiger partial charge is 0.351 e. The van der Waals surface area contributed by atoms with E-state index in [1.807, 2.05) is 18.3 Å². The second-order valence-electron chi connectivity index (χ2n) is 9.01. The molecule has 4 aromatic rings. The first-order valence-electron chi connectivity index (χ1n) is 11.8. The molecule has 5 rings (SSSR count). The van der Waals surface area contributed by atoms with E-state index in [9.17, 15) is 0 Å². The molecule has 2 unspecified atom stereocenters. The van der Waals surface area contributed by atoms with Crippen molar-refractivity contribution in [3.05, 3.63) is 113 Å². The van der Waals surface area contributed by atoms with Crippen molar-refractivity contribution in [3.8, 4) is 5.69 Å². The normalized spacial score (nSPS) is 17.8. The van der Waals surface area contributed by atoms with Gasteiger partial charge in [0.2, 0.25) is 0 Å². The van der Waals surface area contributed by atoms with Crippen molar-refractivity contribution in [1.82, 2.24) is 14.9 Å².